The summed E-state index contributed by atoms with van der Waals surface area (Å²) in [5.74, 6) is -0.966. The molecule has 0 saturated heterocycles. The number of benzene rings is 2. The van der Waals surface area contributed by atoms with E-state index in [0.717, 1.165) is 7.11 Å². The first kappa shape index (κ1) is 28.7. The molecule has 202 valence electrons. The van der Waals surface area contributed by atoms with E-state index in [9.17, 15) is 26.4 Å². The molecule has 0 aliphatic carbocycles. The molecule has 2 aromatic carbocycles. The molecule has 13 heteroatoms. The number of amides is 2. The van der Waals surface area contributed by atoms with Gasteiger partial charge in [0.2, 0.25) is 15.9 Å². The largest absolute Gasteiger partial charge is 0.358 e. The molecular weight excluding hydrogens is 520 g/mol. The standard InChI is InChI=1S/C24H32N4O7S2/c1-23(2,3)37(33,34)27-16-24(26-14-17-10-6-9-13-20(17)36(31,32)35-5)18-11-7-8-12-19(18)28(22(24)30)15-21(29)25-4/h6-13,26-27H,14-16H2,1-5H3,(H,25,29). The zero-order valence-electron chi connectivity index (χ0n) is 21.4. The monoisotopic (exact) mass is 552 g/mol. The summed E-state index contributed by atoms with van der Waals surface area (Å²) in [4.78, 5) is 27.4. The molecule has 1 heterocycles. The lowest BCUT2D eigenvalue weighted by Crippen LogP contribution is -2.58. The minimum absolute atomic E-state index is 0.0867. The van der Waals surface area contributed by atoms with Gasteiger partial charge in [0.05, 0.1) is 16.8 Å². The molecule has 0 aromatic heterocycles. The smallest absolute Gasteiger partial charge is 0.297 e. The topological polar surface area (TPSA) is 151 Å². The van der Waals surface area contributed by atoms with E-state index in [1.54, 1.807) is 42.5 Å². The number of carbonyl (C=O) groups excluding carboxylic acids is 2. The van der Waals surface area contributed by atoms with Gasteiger partial charge < -0.3 is 10.2 Å². The van der Waals surface area contributed by atoms with Crippen molar-refractivity contribution < 1.29 is 30.6 Å². The van der Waals surface area contributed by atoms with Gasteiger partial charge in [-0.1, -0.05) is 36.4 Å². The molecule has 11 nitrogen and oxygen atoms in total. The number of anilines is 1. The first-order valence-electron chi connectivity index (χ1n) is 11.4. The second-order valence-corrected chi connectivity index (χ2v) is 13.7. The summed E-state index contributed by atoms with van der Waals surface area (Å²) in [5.41, 5.74) is -0.422. The van der Waals surface area contributed by atoms with Crippen molar-refractivity contribution in [3.63, 3.8) is 0 Å². The van der Waals surface area contributed by atoms with Crippen LogP contribution in [0.25, 0.3) is 0 Å². The fraction of sp³-hybridized carbons (Fsp3) is 0.417. The number of sulfonamides is 1. The Hall–Kier alpha value is -2.84. The van der Waals surface area contributed by atoms with Crippen LogP contribution in [0.4, 0.5) is 5.69 Å². The van der Waals surface area contributed by atoms with Crippen LogP contribution in [0.5, 0.6) is 0 Å². The van der Waals surface area contributed by atoms with Crippen molar-refractivity contribution >= 4 is 37.6 Å². The summed E-state index contributed by atoms with van der Waals surface area (Å²) in [7, 11) is -5.42. The Bertz CT molecular complexity index is 1400. The Kier molecular flexibility index (Phi) is 8.15. The number of likely N-dealkylation sites (N-methyl/N-ethyl adjacent to an activating group) is 1. The van der Waals surface area contributed by atoms with Crippen LogP contribution in [0.3, 0.4) is 0 Å². The van der Waals surface area contributed by atoms with E-state index in [0.29, 0.717) is 16.8 Å². The average Bonchev–Trinajstić information content (AvgIpc) is 3.08. The van der Waals surface area contributed by atoms with Gasteiger partial charge in [-0.15, -0.1) is 0 Å². The minimum atomic E-state index is -4.05. The zero-order valence-corrected chi connectivity index (χ0v) is 23.0. The normalized spacial score (nSPS) is 18.1. The molecule has 3 N–H and O–H groups in total. The van der Waals surface area contributed by atoms with Crippen molar-refractivity contribution in [1.29, 1.82) is 0 Å². The van der Waals surface area contributed by atoms with Crippen LogP contribution in [0.1, 0.15) is 31.9 Å². The molecule has 3 rings (SSSR count). The van der Waals surface area contributed by atoms with Gasteiger partial charge in [-0.05, 0) is 38.5 Å². The molecule has 0 radical (unpaired) electrons. The molecule has 2 aromatic rings. The Morgan fingerprint density at radius 1 is 1.03 bits per heavy atom. The highest BCUT2D eigenvalue weighted by Gasteiger charge is 2.52. The van der Waals surface area contributed by atoms with E-state index >= 15 is 0 Å². The maximum Gasteiger partial charge on any atom is 0.297 e. The lowest BCUT2D eigenvalue weighted by atomic mass is 9.91. The van der Waals surface area contributed by atoms with Crippen molar-refractivity contribution in [3.8, 4) is 0 Å². The number of hydrogen-bond donors (Lipinski definition) is 3. The van der Waals surface area contributed by atoms with E-state index in [1.807, 2.05) is 0 Å². The average molecular weight is 553 g/mol. The van der Waals surface area contributed by atoms with Crippen molar-refractivity contribution in [2.45, 2.75) is 42.5 Å². The number of nitrogens with zero attached hydrogens (tertiary/aromatic N) is 1. The van der Waals surface area contributed by atoms with E-state index in [4.69, 9.17) is 0 Å². The molecule has 2 amide bonds. The quantitative estimate of drug-likeness (QED) is 0.367. The number of para-hydroxylation sites is 1. The maximum atomic E-state index is 14.0. The summed E-state index contributed by atoms with van der Waals surface area (Å²) < 4.78 is 56.9. The van der Waals surface area contributed by atoms with E-state index < -0.39 is 42.2 Å². The van der Waals surface area contributed by atoms with Crippen molar-refractivity contribution in [1.82, 2.24) is 15.4 Å². The Balaban J connectivity index is 2.11. The fourth-order valence-electron chi connectivity index (χ4n) is 3.96. The molecule has 0 bridgehead atoms. The molecule has 1 aliphatic heterocycles. The van der Waals surface area contributed by atoms with Crippen molar-refractivity contribution in [2.75, 3.05) is 32.1 Å². The number of rotatable bonds is 10. The van der Waals surface area contributed by atoms with Crippen LogP contribution in [0, 0.1) is 0 Å². The summed E-state index contributed by atoms with van der Waals surface area (Å²) in [5, 5.41) is 5.62. The molecule has 37 heavy (non-hydrogen) atoms. The predicted octanol–water partition coefficient (Wildman–Crippen LogP) is 0.817. The van der Waals surface area contributed by atoms with Crippen molar-refractivity contribution in [2.24, 2.45) is 0 Å². The zero-order chi connectivity index (χ0) is 27.6. The van der Waals surface area contributed by atoms with Gasteiger partial charge in [-0.25, -0.2) is 13.1 Å². The second kappa shape index (κ2) is 10.5. The van der Waals surface area contributed by atoms with E-state index in [2.05, 4.69) is 19.5 Å². The highest BCUT2D eigenvalue weighted by Crippen LogP contribution is 2.40. The molecule has 0 spiro atoms. The molecule has 1 atom stereocenters. The lowest BCUT2D eigenvalue weighted by Gasteiger charge is -2.32. The number of fused-ring (bicyclic) bond motifs is 1. The van der Waals surface area contributed by atoms with Crippen LogP contribution < -0.4 is 20.3 Å². The van der Waals surface area contributed by atoms with Crippen LogP contribution in [-0.4, -0.2) is 60.6 Å². The van der Waals surface area contributed by atoms with Gasteiger partial charge in [-0.3, -0.25) is 19.1 Å². The maximum absolute atomic E-state index is 14.0. The molecule has 1 aliphatic rings. The molecule has 1 unspecified atom stereocenters. The minimum Gasteiger partial charge on any atom is -0.358 e. The third kappa shape index (κ3) is 5.55. The van der Waals surface area contributed by atoms with Crippen molar-refractivity contribution in [3.05, 3.63) is 59.7 Å². The highest BCUT2D eigenvalue weighted by atomic mass is 32.2. The Labute approximate surface area is 217 Å². The van der Waals surface area contributed by atoms with Crippen LogP contribution in [0.2, 0.25) is 0 Å². The SMILES string of the molecule is CNC(=O)CN1C(=O)C(CNS(=O)(=O)C(C)(C)C)(NCc2ccccc2S(=O)(=O)OC)c2ccccc21. The number of nitrogens with one attached hydrogen (secondary N) is 3. The summed E-state index contributed by atoms with van der Waals surface area (Å²) in [6, 6.07) is 12.9. The van der Waals surface area contributed by atoms with Gasteiger partial charge in [0.25, 0.3) is 16.0 Å². The predicted molar refractivity (Wildman–Crippen MR) is 139 cm³/mol. The molecule has 0 fully saturated rings. The van der Waals surface area contributed by atoms with E-state index in [1.165, 1.54) is 38.8 Å². The number of hydrogen-bond acceptors (Lipinski definition) is 8. The van der Waals surface area contributed by atoms with Gasteiger partial charge in [0.15, 0.2) is 0 Å². The second-order valence-electron chi connectivity index (χ2n) is 9.51. The van der Waals surface area contributed by atoms with Gasteiger partial charge in [0, 0.05) is 31.4 Å². The first-order valence-corrected chi connectivity index (χ1v) is 14.3. The lowest BCUT2D eigenvalue weighted by molar-refractivity contribution is -0.126. The number of carbonyl (C=O) groups is 2. The van der Waals surface area contributed by atoms with E-state index in [-0.39, 0.29) is 24.5 Å². The van der Waals surface area contributed by atoms with Crippen LogP contribution in [0.15, 0.2) is 53.4 Å². The third-order valence-corrected chi connectivity index (χ3v) is 9.73. The molecular formula is C24H32N4O7S2. The Morgan fingerprint density at radius 2 is 1.65 bits per heavy atom. The molecule has 0 saturated carbocycles. The Morgan fingerprint density at radius 3 is 2.27 bits per heavy atom. The highest BCUT2D eigenvalue weighted by molar-refractivity contribution is 7.90. The summed E-state index contributed by atoms with van der Waals surface area (Å²) in [6.45, 7) is 3.82. The van der Waals surface area contributed by atoms with Gasteiger partial charge in [0.1, 0.15) is 12.1 Å². The third-order valence-electron chi connectivity index (χ3n) is 6.22. The van der Waals surface area contributed by atoms with Crippen LogP contribution in [-0.2, 0) is 46.0 Å². The van der Waals surface area contributed by atoms with Gasteiger partial charge >= 0.3 is 0 Å². The van der Waals surface area contributed by atoms with Crippen LogP contribution >= 0.6 is 0 Å². The summed E-state index contributed by atoms with van der Waals surface area (Å²) >= 11 is 0. The first-order chi connectivity index (χ1) is 17.2. The van der Waals surface area contributed by atoms with Gasteiger partial charge in [-0.2, -0.15) is 8.42 Å². The summed E-state index contributed by atoms with van der Waals surface area (Å²) in [6.07, 6.45) is 0. The fourth-order valence-corrected chi connectivity index (χ4v) is 5.68.